The van der Waals surface area contributed by atoms with E-state index in [9.17, 15) is 4.79 Å². The number of amides is 1. The minimum atomic E-state index is -0.00412. The van der Waals surface area contributed by atoms with E-state index in [1.54, 1.807) is 0 Å². The largest absolute Gasteiger partial charge is 0.351 e. The van der Waals surface area contributed by atoms with Gasteiger partial charge in [0.25, 0.3) is 0 Å². The zero-order valence-corrected chi connectivity index (χ0v) is 12.3. The zero-order valence-electron chi connectivity index (χ0n) is 12.3. The highest BCUT2D eigenvalue weighted by Gasteiger charge is 2.29. The molecule has 2 unspecified atom stereocenters. The second-order valence-corrected chi connectivity index (χ2v) is 5.80. The van der Waals surface area contributed by atoms with Crippen LogP contribution in [0.15, 0.2) is 0 Å². The fraction of sp³-hybridized carbons (Fsp3) is 0.933. The number of rotatable bonds is 6. The lowest BCUT2D eigenvalue weighted by Crippen LogP contribution is -2.48. The summed E-state index contributed by atoms with van der Waals surface area (Å²) in [6, 6.07) is 0.226. The molecule has 0 saturated heterocycles. The van der Waals surface area contributed by atoms with Crippen LogP contribution in [0.3, 0.4) is 0 Å². The first kappa shape index (κ1) is 15.5. The third-order valence-corrected chi connectivity index (χ3v) is 4.85. The molecule has 1 rings (SSSR count). The van der Waals surface area contributed by atoms with Gasteiger partial charge in [-0.05, 0) is 38.0 Å². The number of hydrogen-bond acceptors (Lipinski definition) is 2. The van der Waals surface area contributed by atoms with Gasteiger partial charge in [0.2, 0.25) is 5.91 Å². The SMILES string of the molecule is CCC(CC)(CC)NC(=O)CC1CCCCC1N. The molecular formula is C15H30N2O. The van der Waals surface area contributed by atoms with Gasteiger partial charge >= 0.3 is 0 Å². The number of nitrogens with one attached hydrogen (secondary N) is 1. The zero-order chi connectivity index (χ0) is 13.6. The molecule has 3 nitrogen and oxygen atoms in total. The molecule has 0 spiro atoms. The molecule has 0 aromatic carbocycles. The van der Waals surface area contributed by atoms with E-state index >= 15 is 0 Å². The number of carbonyl (C=O) groups excluding carboxylic acids is 1. The smallest absolute Gasteiger partial charge is 0.220 e. The Morgan fingerprint density at radius 1 is 1.17 bits per heavy atom. The van der Waals surface area contributed by atoms with E-state index in [1.807, 2.05) is 0 Å². The van der Waals surface area contributed by atoms with E-state index in [-0.39, 0.29) is 17.5 Å². The van der Waals surface area contributed by atoms with Crippen molar-refractivity contribution in [1.82, 2.24) is 5.32 Å². The minimum Gasteiger partial charge on any atom is -0.351 e. The molecule has 1 aliphatic rings. The summed E-state index contributed by atoms with van der Waals surface area (Å²) in [5.74, 6) is 0.588. The van der Waals surface area contributed by atoms with E-state index in [2.05, 4.69) is 26.1 Å². The van der Waals surface area contributed by atoms with Crippen molar-refractivity contribution in [2.45, 2.75) is 83.7 Å². The fourth-order valence-corrected chi connectivity index (χ4v) is 3.09. The van der Waals surface area contributed by atoms with Crippen molar-refractivity contribution in [2.75, 3.05) is 0 Å². The fourth-order valence-electron chi connectivity index (χ4n) is 3.09. The predicted molar refractivity (Wildman–Crippen MR) is 76.3 cm³/mol. The molecule has 1 amide bonds. The standard InChI is InChI=1S/C15H30N2O/c1-4-15(5-2,6-3)17-14(18)11-12-9-7-8-10-13(12)16/h12-13H,4-11,16H2,1-3H3,(H,17,18). The van der Waals surface area contributed by atoms with Gasteiger partial charge in [-0.3, -0.25) is 4.79 Å². The number of hydrogen-bond donors (Lipinski definition) is 2. The Hall–Kier alpha value is -0.570. The first-order valence-electron chi connectivity index (χ1n) is 7.63. The second-order valence-electron chi connectivity index (χ2n) is 5.80. The summed E-state index contributed by atoms with van der Waals surface area (Å²) in [5.41, 5.74) is 6.10. The van der Waals surface area contributed by atoms with Crippen molar-refractivity contribution in [3.63, 3.8) is 0 Å². The quantitative estimate of drug-likeness (QED) is 0.765. The van der Waals surface area contributed by atoms with Gasteiger partial charge in [-0.2, -0.15) is 0 Å². The lowest BCUT2D eigenvalue weighted by Gasteiger charge is -2.34. The molecule has 0 heterocycles. The van der Waals surface area contributed by atoms with Crippen LogP contribution in [0.1, 0.15) is 72.1 Å². The topological polar surface area (TPSA) is 55.1 Å². The summed E-state index contributed by atoms with van der Waals surface area (Å²) >= 11 is 0. The first-order chi connectivity index (χ1) is 8.56. The molecule has 0 aromatic rings. The maximum absolute atomic E-state index is 12.2. The van der Waals surface area contributed by atoms with Crippen LogP contribution in [0, 0.1) is 5.92 Å². The van der Waals surface area contributed by atoms with Gasteiger partial charge in [0, 0.05) is 18.0 Å². The van der Waals surface area contributed by atoms with Gasteiger partial charge in [0.05, 0.1) is 0 Å². The van der Waals surface area contributed by atoms with Gasteiger partial charge in [0.1, 0.15) is 0 Å². The highest BCUT2D eigenvalue weighted by atomic mass is 16.1. The van der Waals surface area contributed by atoms with Gasteiger partial charge in [-0.25, -0.2) is 0 Å². The molecule has 0 aromatic heterocycles. The molecule has 18 heavy (non-hydrogen) atoms. The Balaban J connectivity index is 2.49. The molecule has 0 radical (unpaired) electrons. The lowest BCUT2D eigenvalue weighted by molar-refractivity contribution is -0.124. The van der Waals surface area contributed by atoms with Crippen LogP contribution in [0.25, 0.3) is 0 Å². The molecule has 106 valence electrons. The van der Waals surface area contributed by atoms with Gasteiger partial charge in [-0.15, -0.1) is 0 Å². The summed E-state index contributed by atoms with van der Waals surface area (Å²) in [5, 5.41) is 3.25. The monoisotopic (exact) mass is 254 g/mol. The number of carbonyl (C=O) groups is 1. The van der Waals surface area contributed by atoms with Crippen LogP contribution in [-0.4, -0.2) is 17.5 Å². The Kier molecular flexibility index (Phi) is 6.13. The van der Waals surface area contributed by atoms with Crippen LogP contribution in [-0.2, 0) is 4.79 Å². The highest BCUT2D eigenvalue weighted by molar-refractivity contribution is 5.77. The van der Waals surface area contributed by atoms with Crippen LogP contribution in [0.4, 0.5) is 0 Å². The summed E-state index contributed by atoms with van der Waals surface area (Å²) in [4.78, 5) is 12.2. The molecule has 2 atom stereocenters. The molecule has 0 bridgehead atoms. The molecule has 0 aliphatic heterocycles. The maximum Gasteiger partial charge on any atom is 0.220 e. The Morgan fingerprint density at radius 2 is 1.72 bits per heavy atom. The average Bonchev–Trinajstić information content (AvgIpc) is 2.39. The van der Waals surface area contributed by atoms with Crippen molar-refractivity contribution in [1.29, 1.82) is 0 Å². The Bertz CT molecular complexity index is 253. The molecule has 3 N–H and O–H groups in total. The van der Waals surface area contributed by atoms with Gasteiger partial charge < -0.3 is 11.1 Å². The molecule has 1 saturated carbocycles. The maximum atomic E-state index is 12.2. The number of nitrogens with two attached hydrogens (primary N) is 1. The van der Waals surface area contributed by atoms with Crippen LogP contribution in [0.5, 0.6) is 0 Å². The van der Waals surface area contributed by atoms with Gasteiger partial charge in [-0.1, -0.05) is 33.6 Å². The van der Waals surface area contributed by atoms with E-state index in [4.69, 9.17) is 5.73 Å². The van der Waals surface area contributed by atoms with E-state index in [0.717, 1.165) is 32.1 Å². The third-order valence-electron chi connectivity index (χ3n) is 4.85. The van der Waals surface area contributed by atoms with Crippen molar-refractivity contribution < 1.29 is 4.79 Å². The van der Waals surface area contributed by atoms with Crippen molar-refractivity contribution >= 4 is 5.91 Å². The van der Waals surface area contributed by atoms with Gasteiger partial charge in [0.15, 0.2) is 0 Å². The van der Waals surface area contributed by atoms with Crippen LogP contribution < -0.4 is 11.1 Å². The molecular weight excluding hydrogens is 224 g/mol. The predicted octanol–water partition coefficient (Wildman–Crippen LogP) is 2.98. The molecule has 1 fully saturated rings. The van der Waals surface area contributed by atoms with Crippen LogP contribution >= 0.6 is 0 Å². The summed E-state index contributed by atoms with van der Waals surface area (Å²) < 4.78 is 0. The van der Waals surface area contributed by atoms with E-state index in [1.165, 1.54) is 12.8 Å². The molecule has 3 heteroatoms. The van der Waals surface area contributed by atoms with Crippen molar-refractivity contribution in [2.24, 2.45) is 11.7 Å². The third kappa shape index (κ3) is 3.98. The summed E-state index contributed by atoms with van der Waals surface area (Å²) in [6.45, 7) is 6.46. The summed E-state index contributed by atoms with van der Waals surface area (Å²) in [6.07, 6.45) is 8.27. The van der Waals surface area contributed by atoms with E-state index < -0.39 is 0 Å². The lowest BCUT2D eigenvalue weighted by atomic mass is 9.82. The van der Waals surface area contributed by atoms with Crippen molar-refractivity contribution in [3.8, 4) is 0 Å². The summed E-state index contributed by atoms with van der Waals surface area (Å²) in [7, 11) is 0. The van der Waals surface area contributed by atoms with Crippen molar-refractivity contribution in [3.05, 3.63) is 0 Å². The first-order valence-corrected chi connectivity index (χ1v) is 7.63. The molecule has 1 aliphatic carbocycles. The average molecular weight is 254 g/mol. The van der Waals surface area contributed by atoms with E-state index in [0.29, 0.717) is 12.3 Å². The Morgan fingerprint density at radius 3 is 2.22 bits per heavy atom. The normalized spacial score (nSPS) is 24.9. The van der Waals surface area contributed by atoms with Crippen LogP contribution in [0.2, 0.25) is 0 Å². The second kappa shape index (κ2) is 7.13. The Labute approximate surface area is 112 Å². The highest BCUT2D eigenvalue weighted by Crippen LogP contribution is 2.26. The minimum absolute atomic E-state index is 0.00412.